The van der Waals surface area contributed by atoms with Gasteiger partial charge >= 0.3 is 0 Å². The Balaban J connectivity index is 0.000000138. The topological polar surface area (TPSA) is 66.6 Å². The second kappa shape index (κ2) is 10.5. The SMILES string of the molecule is COc1cccc2c(-c3cc(C)c4ccccc4n3)c[nH]c12.Cc1cc(-c2c[nH]c3ccccc23)nc2ccccc12. The van der Waals surface area contributed by atoms with Gasteiger partial charge in [-0.1, -0.05) is 66.7 Å². The summed E-state index contributed by atoms with van der Waals surface area (Å²) in [7, 11) is 1.69. The fourth-order valence-corrected chi connectivity index (χ4v) is 5.77. The molecule has 42 heavy (non-hydrogen) atoms. The number of aromatic nitrogens is 4. The molecule has 2 N–H and O–H groups in total. The summed E-state index contributed by atoms with van der Waals surface area (Å²) in [6.45, 7) is 4.27. The number of hydrogen-bond donors (Lipinski definition) is 2. The summed E-state index contributed by atoms with van der Waals surface area (Å²) in [4.78, 5) is 16.3. The molecule has 0 amide bonds. The lowest BCUT2D eigenvalue weighted by atomic mass is 10.0. The fraction of sp³-hybridized carbons (Fsp3) is 0.0811. The van der Waals surface area contributed by atoms with Crippen molar-refractivity contribution in [3.8, 4) is 28.3 Å². The van der Waals surface area contributed by atoms with E-state index < -0.39 is 0 Å². The van der Waals surface area contributed by atoms with Gasteiger partial charge < -0.3 is 14.7 Å². The molecule has 5 nitrogen and oxygen atoms in total. The molecule has 0 aliphatic rings. The van der Waals surface area contributed by atoms with Gasteiger partial charge in [0, 0.05) is 50.6 Å². The van der Waals surface area contributed by atoms with Gasteiger partial charge in [0.1, 0.15) is 5.75 Å². The first-order valence-electron chi connectivity index (χ1n) is 14.0. The first-order valence-corrected chi connectivity index (χ1v) is 14.0. The zero-order valence-corrected chi connectivity index (χ0v) is 23.8. The van der Waals surface area contributed by atoms with E-state index in [2.05, 4.69) is 90.5 Å². The minimum atomic E-state index is 0.848. The van der Waals surface area contributed by atoms with Gasteiger partial charge in [0.2, 0.25) is 0 Å². The molecule has 4 aromatic carbocycles. The number of para-hydroxylation sites is 4. The number of pyridine rings is 2. The Morgan fingerprint density at radius 3 is 1.71 bits per heavy atom. The van der Waals surface area contributed by atoms with Gasteiger partial charge in [0.05, 0.1) is 35.0 Å². The van der Waals surface area contributed by atoms with Gasteiger partial charge in [-0.25, -0.2) is 9.97 Å². The van der Waals surface area contributed by atoms with Crippen LogP contribution in [0.3, 0.4) is 0 Å². The van der Waals surface area contributed by atoms with E-state index in [9.17, 15) is 0 Å². The summed E-state index contributed by atoms with van der Waals surface area (Å²) in [6, 6.07) is 35.2. The number of rotatable bonds is 3. The van der Waals surface area contributed by atoms with E-state index in [4.69, 9.17) is 14.7 Å². The summed E-state index contributed by atoms with van der Waals surface area (Å²) in [5.74, 6) is 0.848. The highest BCUT2D eigenvalue weighted by Gasteiger charge is 2.12. The van der Waals surface area contributed by atoms with Gasteiger partial charge in [0.15, 0.2) is 0 Å². The molecule has 0 aliphatic carbocycles. The molecule has 0 bridgehead atoms. The van der Waals surface area contributed by atoms with Crippen LogP contribution in [0.25, 0.3) is 66.1 Å². The second-order valence-electron chi connectivity index (χ2n) is 10.5. The largest absolute Gasteiger partial charge is 0.495 e. The number of hydrogen-bond acceptors (Lipinski definition) is 3. The summed E-state index contributed by atoms with van der Waals surface area (Å²) in [6.07, 6.45) is 4.05. The maximum absolute atomic E-state index is 5.42. The van der Waals surface area contributed by atoms with Crippen LogP contribution in [0.1, 0.15) is 11.1 Å². The third kappa shape index (κ3) is 4.45. The predicted molar refractivity (Wildman–Crippen MR) is 174 cm³/mol. The van der Waals surface area contributed by atoms with Crippen molar-refractivity contribution in [1.29, 1.82) is 0 Å². The highest BCUT2D eigenvalue weighted by atomic mass is 16.5. The van der Waals surface area contributed by atoms with Gasteiger partial charge in [-0.05, 0) is 61.4 Å². The average molecular weight is 547 g/mol. The molecule has 4 aromatic heterocycles. The van der Waals surface area contributed by atoms with Gasteiger partial charge in [0.25, 0.3) is 0 Å². The summed E-state index contributed by atoms with van der Waals surface area (Å²) in [5.41, 5.74) is 11.0. The monoisotopic (exact) mass is 546 g/mol. The minimum Gasteiger partial charge on any atom is -0.495 e. The van der Waals surface area contributed by atoms with Crippen molar-refractivity contribution < 1.29 is 4.74 Å². The van der Waals surface area contributed by atoms with E-state index in [1.54, 1.807) is 7.11 Å². The predicted octanol–water partition coefficient (Wildman–Crippen LogP) is 9.39. The molecule has 0 spiro atoms. The van der Waals surface area contributed by atoms with E-state index >= 15 is 0 Å². The van der Waals surface area contributed by atoms with Crippen LogP contribution in [0.2, 0.25) is 0 Å². The molecule has 0 unspecified atom stereocenters. The normalized spacial score (nSPS) is 11.2. The van der Waals surface area contributed by atoms with Crippen LogP contribution < -0.4 is 4.74 Å². The Hall–Kier alpha value is -5.42. The fourth-order valence-electron chi connectivity index (χ4n) is 5.77. The molecule has 4 heterocycles. The van der Waals surface area contributed by atoms with Crippen LogP contribution >= 0.6 is 0 Å². The zero-order valence-electron chi connectivity index (χ0n) is 23.8. The molecule has 0 atom stereocenters. The minimum absolute atomic E-state index is 0.848. The van der Waals surface area contributed by atoms with E-state index in [-0.39, 0.29) is 0 Å². The van der Waals surface area contributed by atoms with Crippen molar-refractivity contribution in [2.45, 2.75) is 13.8 Å². The molecular formula is C37H30N4O. The van der Waals surface area contributed by atoms with Gasteiger partial charge in [-0.2, -0.15) is 0 Å². The Kier molecular flexibility index (Phi) is 6.40. The lowest BCUT2D eigenvalue weighted by Crippen LogP contribution is -1.88. The standard InChI is InChI=1S/C19H16N2O.C18H14N2/c1-12-10-17(21-16-8-4-3-6-13(12)16)15-11-20-19-14(15)7-5-9-18(19)22-2;1-12-10-18(20-17-9-5-2-6-13(12)17)15-11-19-16-8-4-3-7-14(15)16/h3-11,20H,1-2H3;2-11,19H,1H3. The number of aromatic amines is 2. The molecule has 0 radical (unpaired) electrons. The number of fused-ring (bicyclic) bond motifs is 4. The third-order valence-corrected chi connectivity index (χ3v) is 7.88. The highest BCUT2D eigenvalue weighted by Crippen LogP contribution is 2.34. The molecule has 0 saturated heterocycles. The molecule has 0 fully saturated rings. The number of H-pyrrole nitrogens is 2. The first-order chi connectivity index (χ1) is 20.6. The van der Waals surface area contributed by atoms with Crippen molar-refractivity contribution in [1.82, 2.24) is 19.9 Å². The highest BCUT2D eigenvalue weighted by molar-refractivity contribution is 5.99. The van der Waals surface area contributed by atoms with Crippen molar-refractivity contribution in [3.63, 3.8) is 0 Å². The molecule has 8 aromatic rings. The Morgan fingerprint density at radius 1 is 0.548 bits per heavy atom. The first kappa shape index (κ1) is 25.5. The molecule has 0 saturated carbocycles. The third-order valence-electron chi connectivity index (χ3n) is 7.88. The number of nitrogens with one attached hydrogen (secondary N) is 2. The number of aryl methyl sites for hydroxylation is 2. The molecule has 8 rings (SSSR count). The van der Waals surface area contributed by atoms with Crippen molar-refractivity contribution >= 4 is 43.6 Å². The van der Waals surface area contributed by atoms with Crippen LogP contribution in [0.5, 0.6) is 5.75 Å². The number of benzene rings is 4. The average Bonchev–Trinajstić information content (AvgIpc) is 3.66. The Bertz CT molecular complexity index is 2220. The maximum atomic E-state index is 5.42. The maximum Gasteiger partial charge on any atom is 0.142 e. The quantitative estimate of drug-likeness (QED) is 0.232. The van der Waals surface area contributed by atoms with Gasteiger partial charge in [-0.3, -0.25) is 0 Å². The van der Waals surface area contributed by atoms with Crippen molar-refractivity contribution in [2.75, 3.05) is 7.11 Å². The van der Waals surface area contributed by atoms with Crippen LogP contribution in [0.15, 0.2) is 116 Å². The van der Waals surface area contributed by atoms with Crippen molar-refractivity contribution in [2.24, 2.45) is 0 Å². The smallest absolute Gasteiger partial charge is 0.142 e. The van der Waals surface area contributed by atoms with Crippen molar-refractivity contribution in [3.05, 3.63) is 127 Å². The van der Waals surface area contributed by atoms with E-state index in [1.165, 1.54) is 27.3 Å². The summed E-state index contributed by atoms with van der Waals surface area (Å²) >= 11 is 0. The lowest BCUT2D eigenvalue weighted by Gasteiger charge is -2.06. The van der Waals surface area contributed by atoms with Crippen LogP contribution in [-0.4, -0.2) is 27.0 Å². The summed E-state index contributed by atoms with van der Waals surface area (Å²) < 4.78 is 5.42. The molecule has 0 aliphatic heterocycles. The van der Waals surface area contributed by atoms with Gasteiger partial charge in [-0.15, -0.1) is 0 Å². The number of ether oxygens (including phenoxy) is 1. The van der Waals surface area contributed by atoms with E-state index in [0.29, 0.717) is 0 Å². The van der Waals surface area contributed by atoms with E-state index in [0.717, 1.165) is 55.7 Å². The molecular weight excluding hydrogens is 516 g/mol. The van der Waals surface area contributed by atoms with E-state index in [1.807, 2.05) is 48.8 Å². The Labute approximate surface area is 243 Å². The van der Waals surface area contributed by atoms with Crippen LogP contribution in [0, 0.1) is 13.8 Å². The lowest BCUT2D eigenvalue weighted by molar-refractivity contribution is 0.419. The van der Waals surface area contributed by atoms with Crippen LogP contribution in [0.4, 0.5) is 0 Å². The molecule has 5 heteroatoms. The second-order valence-corrected chi connectivity index (χ2v) is 10.5. The molecule has 204 valence electrons. The summed E-state index contributed by atoms with van der Waals surface area (Å²) in [5, 5.41) is 4.76. The Morgan fingerprint density at radius 2 is 1.07 bits per heavy atom. The number of nitrogens with zero attached hydrogens (tertiary/aromatic N) is 2. The number of methoxy groups -OCH3 is 1. The zero-order chi connectivity index (χ0) is 28.6. The van der Waals surface area contributed by atoms with Crippen LogP contribution in [-0.2, 0) is 0 Å².